The molecule has 0 radical (unpaired) electrons. The molecule has 1 heterocycles. The molecule has 1 aromatic heterocycles. The highest BCUT2D eigenvalue weighted by atomic mass is 16.5. The summed E-state index contributed by atoms with van der Waals surface area (Å²) in [6.45, 7) is 0. The second-order valence-electron chi connectivity index (χ2n) is 4.47. The molecular weight excluding hydrogens is 230 g/mol. The van der Waals surface area contributed by atoms with Crippen LogP contribution < -0.4 is 10.5 Å². The number of rotatable bonds is 3. The van der Waals surface area contributed by atoms with Crippen LogP contribution in [0.4, 0.5) is 5.82 Å². The van der Waals surface area contributed by atoms with Gasteiger partial charge in [0.15, 0.2) is 0 Å². The molecule has 1 aromatic rings. The van der Waals surface area contributed by atoms with Crippen molar-refractivity contribution >= 4 is 5.82 Å². The summed E-state index contributed by atoms with van der Waals surface area (Å²) >= 11 is 0. The first-order chi connectivity index (χ1) is 8.72. The minimum absolute atomic E-state index is 0.130. The lowest BCUT2D eigenvalue weighted by Gasteiger charge is -2.28. The normalized spacial score (nSPS) is 23.3. The largest absolute Gasteiger partial charge is 0.489 e. The fourth-order valence-electron chi connectivity index (χ4n) is 2.20. The Balaban J connectivity index is 2.02. The molecule has 18 heavy (non-hydrogen) atoms. The van der Waals surface area contributed by atoms with Gasteiger partial charge in [0.1, 0.15) is 23.2 Å². The second-order valence-corrected chi connectivity index (χ2v) is 4.47. The van der Waals surface area contributed by atoms with E-state index in [9.17, 15) is 0 Å². The molecule has 1 fully saturated rings. The highest BCUT2D eigenvalue weighted by Gasteiger charge is 2.22. The molecule has 0 amide bonds. The smallest absolute Gasteiger partial charge is 0.142 e. The van der Waals surface area contributed by atoms with E-state index >= 15 is 0 Å². The van der Waals surface area contributed by atoms with E-state index in [2.05, 4.69) is 11.1 Å². The number of nitrogens with zero attached hydrogens (tertiary/aromatic N) is 2. The summed E-state index contributed by atoms with van der Waals surface area (Å²) in [4.78, 5) is 3.88. The number of aromatic nitrogens is 1. The molecule has 0 aliphatic heterocycles. The average Bonchev–Trinajstić information content (AvgIpc) is 2.40. The highest BCUT2D eigenvalue weighted by Crippen LogP contribution is 2.27. The standard InChI is InChI=1S/C13H17N3O2/c1-17-10-2-4-11(5-3-10)18-12-6-13(15)16-8-9(12)7-14/h6,8,10-11H,2-5H2,1H3,(H2,15,16). The Bertz CT molecular complexity index is 448. The Labute approximate surface area is 107 Å². The van der Waals surface area contributed by atoms with Crippen LogP contribution in [0.2, 0.25) is 0 Å². The van der Waals surface area contributed by atoms with Gasteiger partial charge in [-0.1, -0.05) is 0 Å². The van der Waals surface area contributed by atoms with Crippen molar-refractivity contribution in [2.24, 2.45) is 0 Å². The summed E-state index contributed by atoms with van der Waals surface area (Å²) in [5.41, 5.74) is 6.04. The first kappa shape index (κ1) is 12.7. The van der Waals surface area contributed by atoms with E-state index in [1.807, 2.05) is 0 Å². The van der Waals surface area contributed by atoms with Crippen LogP contribution in [0, 0.1) is 11.3 Å². The van der Waals surface area contributed by atoms with Gasteiger partial charge in [-0.3, -0.25) is 0 Å². The van der Waals surface area contributed by atoms with Crippen molar-refractivity contribution in [2.75, 3.05) is 12.8 Å². The molecule has 5 heteroatoms. The lowest BCUT2D eigenvalue weighted by atomic mass is 9.95. The van der Waals surface area contributed by atoms with Crippen LogP contribution in [-0.4, -0.2) is 24.3 Å². The molecule has 1 aliphatic rings. The van der Waals surface area contributed by atoms with Gasteiger partial charge < -0.3 is 15.2 Å². The molecule has 1 aliphatic carbocycles. The zero-order chi connectivity index (χ0) is 13.0. The average molecular weight is 247 g/mol. The van der Waals surface area contributed by atoms with E-state index in [1.54, 1.807) is 13.2 Å². The highest BCUT2D eigenvalue weighted by molar-refractivity contribution is 5.47. The quantitative estimate of drug-likeness (QED) is 0.881. The number of hydrogen-bond donors (Lipinski definition) is 1. The van der Waals surface area contributed by atoms with E-state index in [0.717, 1.165) is 25.7 Å². The Hall–Kier alpha value is -1.80. The van der Waals surface area contributed by atoms with Crippen molar-refractivity contribution in [3.63, 3.8) is 0 Å². The van der Waals surface area contributed by atoms with Crippen LogP contribution in [0.25, 0.3) is 0 Å². The second kappa shape index (κ2) is 5.69. The molecule has 0 unspecified atom stereocenters. The maximum atomic E-state index is 8.99. The summed E-state index contributed by atoms with van der Waals surface area (Å²) in [7, 11) is 1.74. The fourth-order valence-corrected chi connectivity index (χ4v) is 2.20. The molecule has 0 bridgehead atoms. The number of pyridine rings is 1. The monoisotopic (exact) mass is 247 g/mol. The van der Waals surface area contributed by atoms with Crippen molar-refractivity contribution in [1.82, 2.24) is 4.98 Å². The third-order valence-electron chi connectivity index (χ3n) is 3.26. The first-order valence-electron chi connectivity index (χ1n) is 6.08. The van der Waals surface area contributed by atoms with Gasteiger partial charge in [0.2, 0.25) is 0 Å². The topological polar surface area (TPSA) is 81.2 Å². The predicted molar refractivity (Wildman–Crippen MR) is 67.0 cm³/mol. The van der Waals surface area contributed by atoms with Crippen LogP contribution in [0.1, 0.15) is 31.2 Å². The van der Waals surface area contributed by atoms with Crippen LogP contribution >= 0.6 is 0 Å². The number of anilines is 1. The van der Waals surface area contributed by atoms with Gasteiger partial charge in [-0.25, -0.2) is 4.98 Å². The third-order valence-corrected chi connectivity index (χ3v) is 3.26. The van der Waals surface area contributed by atoms with Crippen LogP contribution in [0.5, 0.6) is 5.75 Å². The number of hydrogen-bond acceptors (Lipinski definition) is 5. The van der Waals surface area contributed by atoms with Gasteiger partial charge in [0.25, 0.3) is 0 Å². The number of nitrogens with two attached hydrogens (primary N) is 1. The molecule has 0 saturated heterocycles. The Morgan fingerprint density at radius 3 is 2.61 bits per heavy atom. The summed E-state index contributed by atoms with van der Waals surface area (Å²) < 4.78 is 11.2. The Morgan fingerprint density at radius 1 is 1.33 bits per heavy atom. The molecule has 2 rings (SSSR count). The SMILES string of the molecule is COC1CCC(Oc2cc(N)ncc2C#N)CC1. The zero-order valence-corrected chi connectivity index (χ0v) is 10.4. The zero-order valence-electron chi connectivity index (χ0n) is 10.4. The predicted octanol–water partition coefficient (Wildman–Crippen LogP) is 1.87. The summed E-state index contributed by atoms with van der Waals surface area (Å²) in [5, 5.41) is 8.99. The van der Waals surface area contributed by atoms with E-state index < -0.39 is 0 Å². The van der Waals surface area contributed by atoms with Crippen molar-refractivity contribution in [3.8, 4) is 11.8 Å². The molecule has 1 saturated carbocycles. The molecule has 0 spiro atoms. The molecule has 0 aromatic carbocycles. The Kier molecular flexibility index (Phi) is 4.00. The maximum Gasteiger partial charge on any atom is 0.142 e. The van der Waals surface area contributed by atoms with Gasteiger partial charge in [-0.2, -0.15) is 5.26 Å². The van der Waals surface area contributed by atoms with E-state index in [4.69, 9.17) is 20.5 Å². The van der Waals surface area contributed by atoms with E-state index in [-0.39, 0.29) is 6.10 Å². The van der Waals surface area contributed by atoms with Crippen molar-refractivity contribution in [3.05, 3.63) is 17.8 Å². The van der Waals surface area contributed by atoms with Crippen molar-refractivity contribution in [2.45, 2.75) is 37.9 Å². The number of nitrogen functional groups attached to an aromatic ring is 1. The lowest BCUT2D eigenvalue weighted by Crippen LogP contribution is -2.27. The summed E-state index contributed by atoms with van der Waals surface area (Å²) in [6, 6.07) is 3.68. The van der Waals surface area contributed by atoms with Gasteiger partial charge in [0.05, 0.1) is 18.4 Å². The maximum absolute atomic E-state index is 8.99. The number of methoxy groups -OCH3 is 1. The molecule has 0 atom stereocenters. The van der Waals surface area contributed by atoms with Gasteiger partial charge >= 0.3 is 0 Å². The van der Waals surface area contributed by atoms with Crippen LogP contribution in [0.3, 0.4) is 0 Å². The summed E-state index contributed by atoms with van der Waals surface area (Å²) in [5.74, 6) is 0.903. The summed E-state index contributed by atoms with van der Waals surface area (Å²) in [6.07, 6.45) is 5.77. The lowest BCUT2D eigenvalue weighted by molar-refractivity contribution is 0.0327. The number of ether oxygens (including phenoxy) is 2. The van der Waals surface area contributed by atoms with E-state index in [1.165, 1.54) is 6.20 Å². The molecule has 5 nitrogen and oxygen atoms in total. The van der Waals surface area contributed by atoms with Gasteiger partial charge in [0, 0.05) is 13.2 Å². The fraction of sp³-hybridized carbons (Fsp3) is 0.538. The van der Waals surface area contributed by atoms with Gasteiger partial charge in [-0.05, 0) is 25.7 Å². The minimum Gasteiger partial charge on any atom is -0.489 e. The van der Waals surface area contributed by atoms with Crippen LogP contribution in [-0.2, 0) is 4.74 Å². The number of nitriles is 1. The van der Waals surface area contributed by atoms with E-state index in [0.29, 0.717) is 23.2 Å². The minimum atomic E-state index is 0.130. The van der Waals surface area contributed by atoms with Gasteiger partial charge in [-0.15, -0.1) is 0 Å². The Morgan fingerprint density at radius 2 is 2.00 bits per heavy atom. The molecule has 96 valence electrons. The van der Waals surface area contributed by atoms with Crippen molar-refractivity contribution in [1.29, 1.82) is 5.26 Å². The third kappa shape index (κ3) is 2.90. The molecular formula is C13H17N3O2. The van der Waals surface area contributed by atoms with Crippen molar-refractivity contribution < 1.29 is 9.47 Å². The van der Waals surface area contributed by atoms with Crippen LogP contribution in [0.15, 0.2) is 12.3 Å². The molecule has 2 N–H and O–H groups in total. The first-order valence-corrected chi connectivity index (χ1v) is 6.08.